The second-order valence-electron chi connectivity index (χ2n) is 13.5. The van der Waals surface area contributed by atoms with E-state index >= 15 is 0 Å². The quantitative estimate of drug-likeness (QED) is 0.183. The van der Waals surface area contributed by atoms with Crippen LogP contribution in [0.15, 0.2) is 35.7 Å². The molecule has 1 aromatic carbocycles. The monoisotopic (exact) mass is 744 g/mol. The number of primary amides is 1. The van der Waals surface area contributed by atoms with Crippen LogP contribution in [0.2, 0.25) is 0 Å². The fourth-order valence-corrected chi connectivity index (χ4v) is 7.45. The van der Waals surface area contributed by atoms with Crippen molar-refractivity contribution in [2.45, 2.75) is 70.6 Å². The van der Waals surface area contributed by atoms with Gasteiger partial charge in [0.2, 0.25) is 35.4 Å². The van der Waals surface area contributed by atoms with Crippen LogP contribution < -0.4 is 38.1 Å². The van der Waals surface area contributed by atoms with Gasteiger partial charge in [-0.2, -0.15) is 0 Å². The largest absolute Gasteiger partial charge is 0.391 e. The van der Waals surface area contributed by atoms with Crippen LogP contribution in [0.3, 0.4) is 0 Å². The molecule has 2 aliphatic rings. The first kappa shape index (κ1) is 39.3. The second kappa shape index (κ2) is 16.7. The van der Waals surface area contributed by atoms with Crippen LogP contribution >= 0.6 is 23.1 Å². The maximum Gasteiger partial charge on any atom is 0.258 e. The summed E-state index contributed by atoms with van der Waals surface area (Å²) in [5, 5.41) is 25.0. The fraction of sp³-hybridized carbons (Fsp3) is 0.485. The molecule has 51 heavy (non-hydrogen) atoms. The van der Waals surface area contributed by atoms with Crippen LogP contribution in [0.5, 0.6) is 0 Å². The number of rotatable bonds is 3. The maximum absolute atomic E-state index is 14.0. The van der Waals surface area contributed by atoms with E-state index in [1.807, 2.05) is 18.4 Å². The molecule has 3 heterocycles. The number of nitrogens with zero attached hydrogens (tertiary/aromatic N) is 1. The maximum atomic E-state index is 14.0. The molecule has 0 bridgehead atoms. The minimum absolute atomic E-state index is 0.126. The van der Waals surface area contributed by atoms with E-state index in [1.54, 1.807) is 56.4 Å². The number of aryl methyl sites for hydroxylation is 1. The predicted molar refractivity (Wildman–Crippen MR) is 190 cm³/mol. The zero-order chi connectivity index (χ0) is 37.6. The summed E-state index contributed by atoms with van der Waals surface area (Å²) in [7, 11) is 0. The molecule has 2 aromatic rings. The highest BCUT2D eigenvalue weighted by Crippen LogP contribution is 2.31. The zero-order valence-corrected chi connectivity index (χ0v) is 30.3. The Morgan fingerprint density at radius 1 is 0.922 bits per heavy atom. The molecular formula is C33H44N8O8S2. The SMILES string of the molecule is Cc1ccsc1-c1ccc([C@H]2NC(=O)[C@@H]3C[C@@H](O)CN3C(=O)[C@H](C(C)(C)C)NC(=O)CSC[C@H](C(N)=O)NC(=O)[C@@H](N)NC(=O)CNC2=O)cc1. The van der Waals surface area contributed by atoms with Gasteiger partial charge in [-0.3, -0.25) is 33.6 Å². The van der Waals surface area contributed by atoms with Crippen molar-refractivity contribution in [3.05, 3.63) is 46.8 Å². The lowest BCUT2D eigenvalue weighted by Crippen LogP contribution is -2.58. The minimum Gasteiger partial charge on any atom is -0.391 e. The summed E-state index contributed by atoms with van der Waals surface area (Å²) in [5.74, 6) is -5.78. The average Bonchev–Trinajstić information content (AvgIpc) is 3.68. The number of thioether (sulfide) groups is 1. The van der Waals surface area contributed by atoms with Crippen LogP contribution in [-0.4, -0.2) is 106 Å². The van der Waals surface area contributed by atoms with E-state index in [4.69, 9.17) is 11.5 Å². The molecule has 2 saturated heterocycles. The lowest BCUT2D eigenvalue weighted by atomic mass is 9.85. The van der Waals surface area contributed by atoms with E-state index in [1.165, 1.54) is 4.90 Å². The van der Waals surface area contributed by atoms with Crippen LogP contribution in [0.25, 0.3) is 10.4 Å². The molecule has 0 spiro atoms. The number of thiophene rings is 1. The Hall–Kier alpha value is -4.52. The third-order valence-corrected chi connectivity index (χ3v) is 10.5. The first-order chi connectivity index (χ1) is 24.0. The lowest BCUT2D eigenvalue weighted by Gasteiger charge is -2.35. The Bertz CT molecular complexity index is 1660. The molecule has 4 rings (SSSR count). The molecule has 10 N–H and O–H groups in total. The molecule has 2 fully saturated rings. The van der Waals surface area contributed by atoms with Gasteiger partial charge in [-0.25, -0.2) is 0 Å². The van der Waals surface area contributed by atoms with Gasteiger partial charge in [-0.1, -0.05) is 45.0 Å². The van der Waals surface area contributed by atoms with Crippen LogP contribution in [0.1, 0.15) is 44.4 Å². The van der Waals surface area contributed by atoms with Gasteiger partial charge in [0, 0.05) is 23.6 Å². The molecule has 0 unspecified atom stereocenters. The molecule has 276 valence electrons. The molecule has 6 atom stereocenters. The number of aliphatic hydroxyl groups is 1. The summed E-state index contributed by atoms with van der Waals surface area (Å²) in [6, 6.07) is 3.94. The smallest absolute Gasteiger partial charge is 0.258 e. The highest BCUT2D eigenvalue weighted by molar-refractivity contribution is 8.00. The van der Waals surface area contributed by atoms with Gasteiger partial charge in [-0.05, 0) is 40.5 Å². The van der Waals surface area contributed by atoms with Crippen molar-refractivity contribution in [2.24, 2.45) is 16.9 Å². The highest BCUT2D eigenvalue weighted by atomic mass is 32.2. The van der Waals surface area contributed by atoms with Crippen molar-refractivity contribution < 1.29 is 38.7 Å². The third kappa shape index (κ3) is 10.1. The van der Waals surface area contributed by atoms with E-state index < -0.39 is 89.7 Å². The number of nitrogens with one attached hydrogen (secondary N) is 5. The molecule has 7 amide bonds. The molecule has 18 heteroatoms. The number of aliphatic hydroxyl groups excluding tert-OH is 1. The Kier molecular flexibility index (Phi) is 12.8. The molecule has 16 nitrogen and oxygen atoms in total. The number of amides is 7. The Labute approximate surface area is 303 Å². The Morgan fingerprint density at radius 3 is 2.22 bits per heavy atom. The van der Waals surface area contributed by atoms with Crippen molar-refractivity contribution >= 4 is 64.4 Å². The van der Waals surface area contributed by atoms with Crippen LogP contribution in [0.4, 0.5) is 0 Å². The first-order valence-electron chi connectivity index (χ1n) is 16.2. The zero-order valence-electron chi connectivity index (χ0n) is 28.7. The lowest BCUT2D eigenvalue weighted by molar-refractivity contribution is -0.144. The summed E-state index contributed by atoms with van der Waals surface area (Å²) < 4.78 is 0. The number of nitrogens with two attached hydrogens (primary N) is 2. The van der Waals surface area contributed by atoms with Gasteiger partial charge >= 0.3 is 0 Å². The summed E-state index contributed by atoms with van der Waals surface area (Å²) in [5.41, 5.74) is 12.7. The van der Waals surface area contributed by atoms with Crippen molar-refractivity contribution in [2.75, 3.05) is 24.6 Å². The molecule has 2 aliphatic heterocycles. The summed E-state index contributed by atoms with van der Waals surface area (Å²) >= 11 is 2.50. The van der Waals surface area contributed by atoms with Crippen LogP contribution in [0, 0.1) is 12.3 Å². The van der Waals surface area contributed by atoms with Gasteiger partial charge < -0.3 is 48.1 Å². The first-order valence-corrected chi connectivity index (χ1v) is 18.2. The Morgan fingerprint density at radius 2 is 1.61 bits per heavy atom. The van der Waals surface area contributed by atoms with Crippen molar-refractivity contribution in [1.29, 1.82) is 0 Å². The summed E-state index contributed by atoms with van der Waals surface area (Å²) in [6.45, 7) is 6.32. The number of carbonyl (C=O) groups excluding carboxylic acids is 7. The third-order valence-electron chi connectivity index (χ3n) is 8.40. The van der Waals surface area contributed by atoms with Gasteiger partial charge in [0.15, 0.2) is 6.17 Å². The number of hydrogen-bond acceptors (Lipinski definition) is 11. The van der Waals surface area contributed by atoms with Gasteiger partial charge in [0.25, 0.3) is 5.91 Å². The van der Waals surface area contributed by atoms with Crippen molar-refractivity contribution in [3.63, 3.8) is 0 Å². The number of benzene rings is 1. The highest BCUT2D eigenvalue weighted by Gasteiger charge is 2.45. The predicted octanol–water partition coefficient (Wildman–Crippen LogP) is -1.39. The summed E-state index contributed by atoms with van der Waals surface area (Å²) in [4.78, 5) is 94.3. The number of carbonyl (C=O) groups is 7. The van der Waals surface area contributed by atoms with Gasteiger partial charge in [0.05, 0.1) is 18.4 Å². The fourth-order valence-electron chi connectivity index (χ4n) is 5.64. The summed E-state index contributed by atoms with van der Waals surface area (Å²) in [6.07, 6.45) is -2.81. The molecule has 0 saturated carbocycles. The van der Waals surface area contributed by atoms with Crippen molar-refractivity contribution in [3.8, 4) is 10.4 Å². The van der Waals surface area contributed by atoms with E-state index in [-0.39, 0.29) is 24.5 Å². The topological polar surface area (TPSA) is 255 Å². The number of hydrogen-bond donors (Lipinski definition) is 8. The standard InChI is InChI=1S/C33H44N8O8S2/c1-16-9-10-51-25(16)18-7-5-17(6-8-18)24-30(47)36-12-22(43)39-27(34)31(48)37-20(28(35)45)14-50-15-23(44)38-26(33(2,3)4)32(49)41-13-19(42)11-21(41)29(46)40-24/h5-10,19-21,24,26-27,42H,11-15,34H2,1-4H3,(H2,35,45)(H,36,47)(H,37,48)(H,38,44)(H,39,43)(H,40,46)/t19-,20-,21+,24-,26-,27+/m1/s1. The molecule has 0 radical (unpaired) electrons. The van der Waals surface area contributed by atoms with E-state index in [0.717, 1.165) is 27.8 Å². The van der Waals surface area contributed by atoms with E-state index in [0.29, 0.717) is 5.56 Å². The average molecular weight is 745 g/mol. The Balaban J connectivity index is 1.68. The van der Waals surface area contributed by atoms with Gasteiger partial charge in [0.1, 0.15) is 24.2 Å². The van der Waals surface area contributed by atoms with Crippen LogP contribution in [-0.2, 0) is 33.6 Å². The normalized spacial score (nSPS) is 26.5. The van der Waals surface area contributed by atoms with E-state index in [2.05, 4.69) is 26.6 Å². The van der Waals surface area contributed by atoms with E-state index in [9.17, 15) is 38.7 Å². The van der Waals surface area contributed by atoms with Crippen molar-refractivity contribution in [1.82, 2.24) is 31.5 Å². The van der Waals surface area contributed by atoms with Gasteiger partial charge in [-0.15, -0.1) is 23.1 Å². The second-order valence-corrected chi connectivity index (χ2v) is 15.4. The molecule has 0 aliphatic carbocycles. The molecule has 1 aromatic heterocycles. The molecular weight excluding hydrogens is 701 g/mol. The number of fused-ring (bicyclic) bond motifs is 1. The minimum atomic E-state index is -1.62.